The molecule has 1 unspecified atom stereocenters. The Kier molecular flexibility index (Phi) is 2.48. The van der Waals surface area contributed by atoms with Crippen molar-refractivity contribution in [1.82, 2.24) is 10.3 Å². The number of nitrogens with one attached hydrogen (secondary N) is 1. The average Bonchev–Trinajstić information content (AvgIpc) is 2.82. The first-order valence-corrected chi connectivity index (χ1v) is 6.33. The second-order valence-electron chi connectivity index (χ2n) is 4.30. The highest BCUT2D eigenvalue weighted by Crippen LogP contribution is 2.30. The number of rotatable bonds is 1. The number of hydrogen-bond acceptors (Lipinski definition) is 3. The molecule has 3 rings (SSSR count). The van der Waals surface area contributed by atoms with Gasteiger partial charge in [-0.25, -0.2) is 4.98 Å². The van der Waals surface area contributed by atoms with Crippen LogP contribution in [0.5, 0.6) is 0 Å². The molecule has 0 aliphatic carbocycles. The fraction of sp³-hybridized carbons (Fsp3) is 0.417. The van der Waals surface area contributed by atoms with E-state index in [-0.39, 0.29) is 0 Å². The Bertz CT molecular complexity index is 529. The Balaban J connectivity index is 2.11. The van der Waals surface area contributed by atoms with Crippen molar-refractivity contribution in [2.45, 2.75) is 25.8 Å². The van der Waals surface area contributed by atoms with Gasteiger partial charge >= 0.3 is 0 Å². The highest BCUT2D eigenvalue weighted by molar-refractivity contribution is 9.10. The lowest BCUT2D eigenvalue weighted by Gasteiger charge is -2.02. The Labute approximate surface area is 102 Å². The molecule has 0 spiro atoms. The van der Waals surface area contributed by atoms with Crippen LogP contribution in [0.4, 0.5) is 0 Å². The van der Waals surface area contributed by atoms with Crippen LogP contribution in [0.15, 0.2) is 21.0 Å². The van der Waals surface area contributed by atoms with Crippen molar-refractivity contribution in [3.63, 3.8) is 0 Å². The molecule has 1 aliphatic rings. The van der Waals surface area contributed by atoms with E-state index in [0.717, 1.165) is 34.4 Å². The largest absolute Gasteiger partial charge is 0.438 e. The molecule has 0 amide bonds. The van der Waals surface area contributed by atoms with Crippen LogP contribution in [-0.4, -0.2) is 11.5 Å². The molecule has 0 bridgehead atoms. The smallest absolute Gasteiger partial charge is 0.212 e. The van der Waals surface area contributed by atoms with Crippen molar-refractivity contribution in [1.29, 1.82) is 0 Å². The maximum atomic E-state index is 5.82. The number of oxazole rings is 1. The van der Waals surface area contributed by atoms with Gasteiger partial charge < -0.3 is 9.73 Å². The maximum absolute atomic E-state index is 5.82. The predicted molar refractivity (Wildman–Crippen MR) is 66.4 cm³/mol. The van der Waals surface area contributed by atoms with E-state index in [9.17, 15) is 0 Å². The quantitative estimate of drug-likeness (QED) is 0.871. The van der Waals surface area contributed by atoms with Crippen LogP contribution in [0.25, 0.3) is 11.1 Å². The lowest BCUT2D eigenvalue weighted by atomic mass is 10.2. The van der Waals surface area contributed by atoms with Gasteiger partial charge in [-0.1, -0.05) is 0 Å². The molecule has 2 heterocycles. The maximum Gasteiger partial charge on any atom is 0.212 e. The number of aryl methyl sites for hydroxylation is 1. The summed E-state index contributed by atoms with van der Waals surface area (Å²) in [5.74, 6) is 0.818. The standard InChI is InChI=1S/C12H13BrN2O/c1-7-5-8(13)11-10(6-7)15-12(16-11)9-3-2-4-14-9/h5-6,9,14H,2-4H2,1H3. The van der Waals surface area contributed by atoms with E-state index in [1.165, 1.54) is 12.0 Å². The van der Waals surface area contributed by atoms with Crippen LogP contribution in [0.2, 0.25) is 0 Å². The zero-order valence-electron chi connectivity index (χ0n) is 9.09. The summed E-state index contributed by atoms with van der Waals surface area (Å²) < 4.78 is 6.80. The normalized spacial score (nSPS) is 20.8. The summed E-state index contributed by atoms with van der Waals surface area (Å²) >= 11 is 3.52. The molecule has 84 valence electrons. The molecule has 1 atom stereocenters. The van der Waals surface area contributed by atoms with Gasteiger partial charge in [0.05, 0.1) is 10.5 Å². The number of benzene rings is 1. The number of halogens is 1. The van der Waals surface area contributed by atoms with Crippen molar-refractivity contribution >= 4 is 27.0 Å². The first-order valence-electron chi connectivity index (χ1n) is 5.54. The summed E-state index contributed by atoms with van der Waals surface area (Å²) in [6.45, 7) is 3.12. The van der Waals surface area contributed by atoms with E-state index < -0.39 is 0 Å². The number of nitrogens with zero attached hydrogens (tertiary/aromatic N) is 1. The highest BCUT2D eigenvalue weighted by Gasteiger charge is 2.22. The Morgan fingerprint density at radius 3 is 3.12 bits per heavy atom. The van der Waals surface area contributed by atoms with Crippen LogP contribution in [0.1, 0.15) is 30.3 Å². The third-order valence-electron chi connectivity index (χ3n) is 2.96. The van der Waals surface area contributed by atoms with Gasteiger partial charge in [0.15, 0.2) is 5.58 Å². The van der Waals surface area contributed by atoms with Gasteiger partial charge in [0.1, 0.15) is 5.52 Å². The van der Waals surface area contributed by atoms with Crippen LogP contribution in [0, 0.1) is 6.92 Å². The summed E-state index contributed by atoms with van der Waals surface area (Å²) in [7, 11) is 0. The number of aromatic nitrogens is 1. The molecule has 3 nitrogen and oxygen atoms in total. The van der Waals surface area contributed by atoms with Crippen molar-refractivity contribution in [3.8, 4) is 0 Å². The SMILES string of the molecule is Cc1cc(Br)c2oc(C3CCCN3)nc2c1. The third kappa shape index (κ3) is 1.66. The van der Waals surface area contributed by atoms with Gasteiger partial charge in [-0.05, 0) is 59.9 Å². The van der Waals surface area contributed by atoms with Gasteiger partial charge in [0, 0.05) is 0 Å². The molecule has 1 saturated heterocycles. The minimum atomic E-state index is 0.291. The molecule has 1 aromatic carbocycles. The molecule has 1 aliphatic heterocycles. The third-order valence-corrected chi connectivity index (χ3v) is 3.55. The van der Waals surface area contributed by atoms with Crippen LogP contribution in [0.3, 0.4) is 0 Å². The fourth-order valence-electron chi connectivity index (χ4n) is 2.19. The summed E-state index contributed by atoms with van der Waals surface area (Å²) in [6, 6.07) is 4.40. The minimum Gasteiger partial charge on any atom is -0.438 e. The topological polar surface area (TPSA) is 38.1 Å². The van der Waals surface area contributed by atoms with Crippen LogP contribution in [-0.2, 0) is 0 Å². The van der Waals surface area contributed by atoms with Gasteiger partial charge in [-0.3, -0.25) is 0 Å². The summed E-state index contributed by atoms with van der Waals surface area (Å²) in [6.07, 6.45) is 2.31. The van der Waals surface area contributed by atoms with E-state index in [2.05, 4.69) is 45.3 Å². The van der Waals surface area contributed by atoms with Gasteiger partial charge in [0.25, 0.3) is 0 Å². The first-order chi connectivity index (χ1) is 7.74. The molecular formula is C12H13BrN2O. The summed E-state index contributed by atoms with van der Waals surface area (Å²) in [5.41, 5.74) is 2.99. The zero-order chi connectivity index (χ0) is 11.1. The Morgan fingerprint density at radius 2 is 2.38 bits per heavy atom. The molecule has 0 saturated carbocycles. The van der Waals surface area contributed by atoms with E-state index >= 15 is 0 Å². The Morgan fingerprint density at radius 1 is 1.50 bits per heavy atom. The van der Waals surface area contributed by atoms with Crippen molar-refractivity contribution < 1.29 is 4.42 Å². The van der Waals surface area contributed by atoms with E-state index in [4.69, 9.17) is 4.42 Å². The monoisotopic (exact) mass is 280 g/mol. The van der Waals surface area contributed by atoms with Crippen molar-refractivity contribution in [2.75, 3.05) is 6.54 Å². The number of fused-ring (bicyclic) bond motifs is 1. The predicted octanol–water partition coefficient (Wildman–Crippen LogP) is 3.32. The van der Waals surface area contributed by atoms with Gasteiger partial charge in [0.2, 0.25) is 5.89 Å². The summed E-state index contributed by atoms with van der Waals surface area (Å²) in [5, 5.41) is 3.40. The number of hydrogen-bond donors (Lipinski definition) is 1. The lowest BCUT2D eigenvalue weighted by Crippen LogP contribution is -2.12. The average molecular weight is 281 g/mol. The minimum absolute atomic E-state index is 0.291. The molecular weight excluding hydrogens is 268 g/mol. The first kappa shape index (κ1) is 10.3. The van der Waals surface area contributed by atoms with Crippen LogP contribution < -0.4 is 5.32 Å². The van der Waals surface area contributed by atoms with Crippen molar-refractivity contribution in [2.24, 2.45) is 0 Å². The molecule has 1 N–H and O–H groups in total. The van der Waals surface area contributed by atoms with E-state index in [0.29, 0.717) is 6.04 Å². The second-order valence-corrected chi connectivity index (χ2v) is 5.15. The zero-order valence-corrected chi connectivity index (χ0v) is 10.7. The summed E-state index contributed by atoms with van der Waals surface area (Å²) in [4.78, 5) is 4.56. The van der Waals surface area contributed by atoms with E-state index in [1.54, 1.807) is 0 Å². The molecule has 4 heteroatoms. The molecule has 16 heavy (non-hydrogen) atoms. The molecule has 0 radical (unpaired) electrons. The molecule has 1 aromatic heterocycles. The lowest BCUT2D eigenvalue weighted by molar-refractivity contribution is 0.451. The second kappa shape index (κ2) is 3.86. The van der Waals surface area contributed by atoms with Crippen molar-refractivity contribution in [3.05, 3.63) is 28.1 Å². The Hall–Kier alpha value is -0.870. The molecule has 2 aromatic rings. The van der Waals surface area contributed by atoms with Gasteiger partial charge in [-0.2, -0.15) is 0 Å². The van der Waals surface area contributed by atoms with E-state index in [1.807, 2.05) is 0 Å². The molecule has 1 fully saturated rings. The highest BCUT2D eigenvalue weighted by atomic mass is 79.9. The fourth-order valence-corrected chi connectivity index (χ4v) is 2.83. The van der Waals surface area contributed by atoms with Crippen LogP contribution >= 0.6 is 15.9 Å². The van der Waals surface area contributed by atoms with Gasteiger partial charge in [-0.15, -0.1) is 0 Å².